The fraction of sp³-hybridized carbons (Fsp3) is 0.400. The minimum Gasteiger partial charge on any atom is -0.337 e. The number of urea groups is 1. The predicted octanol–water partition coefficient (Wildman–Crippen LogP) is 2.86. The average molecular weight is 589 g/mol. The lowest BCUT2D eigenvalue weighted by molar-refractivity contribution is -0.137. The predicted molar refractivity (Wildman–Crippen MR) is 141 cm³/mol. The largest absolute Gasteiger partial charge is 0.416 e. The van der Waals surface area contributed by atoms with E-state index >= 15 is 0 Å². The summed E-state index contributed by atoms with van der Waals surface area (Å²) < 4.78 is 93.3. The van der Waals surface area contributed by atoms with Gasteiger partial charge in [0, 0.05) is 26.2 Å². The van der Waals surface area contributed by atoms with Crippen LogP contribution >= 0.6 is 0 Å². The van der Waals surface area contributed by atoms with Gasteiger partial charge in [-0.1, -0.05) is 30.4 Å². The molecule has 1 heterocycles. The number of sulfone groups is 1. The summed E-state index contributed by atoms with van der Waals surface area (Å²) >= 11 is 0. The average Bonchev–Trinajstić information content (AvgIpc) is 2.90. The maximum absolute atomic E-state index is 13.6. The maximum atomic E-state index is 13.6. The number of amides is 2. The molecule has 14 heteroatoms. The van der Waals surface area contributed by atoms with Crippen molar-refractivity contribution in [1.82, 2.24) is 20.3 Å². The summed E-state index contributed by atoms with van der Waals surface area (Å²) in [5.74, 6) is -0.650. The lowest BCUT2D eigenvalue weighted by Crippen LogP contribution is -2.49. The van der Waals surface area contributed by atoms with E-state index in [4.69, 9.17) is 0 Å². The monoisotopic (exact) mass is 588 g/mol. The molecular weight excluding hydrogens is 557 g/mol. The highest BCUT2D eigenvalue weighted by Crippen LogP contribution is 2.34. The van der Waals surface area contributed by atoms with Crippen molar-refractivity contribution in [2.45, 2.75) is 34.9 Å². The smallest absolute Gasteiger partial charge is 0.337 e. The molecule has 0 saturated carbocycles. The minimum atomic E-state index is -4.79. The number of rotatable bonds is 10. The van der Waals surface area contributed by atoms with E-state index in [1.54, 1.807) is 18.0 Å². The van der Waals surface area contributed by atoms with E-state index in [0.29, 0.717) is 6.07 Å². The standard InChI is InChI=1S/C25H31F3N4O5S2/c1-32(20-11-13-29-14-12-20)24(33)30-15-16-31-38(34,35)17-5-6-19-18-22(9-10-23(19)25(26,27)28)39(36,37)21-7-3-2-4-8-21/h2-10,18,20,29,31H,11-17H2,1H3,(H,30,33). The third kappa shape index (κ3) is 8.52. The van der Waals surface area contributed by atoms with E-state index in [-0.39, 0.29) is 35.0 Å². The maximum Gasteiger partial charge on any atom is 0.416 e. The number of piperidine rings is 1. The van der Waals surface area contributed by atoms with Gasteiger partial charge in [0.05, 0.1) is 21.1 Å². The topological polar surface area (TPSA) is 125 Å². The number of halogens is 3. The third-order valence-electron chi connectivity index (χ3n) is 6.21. The van der Waals surface area contributed by atoms with Crippen LogP contribution < -0.4 is 15.4 Å². The second-order valence-electron chi connectivity index (χ2n) is 8.97. The molecule has 39 heavy (non-hydrogen) atoms. The van der Waals surface area contributed by atoms with Gasteiger partial charge in [0.2, 0.25) is 19.9 Å². The first-order chi connectivity index (χ1) is 18.3. The van der Waals surface area contributed by atoms with Crippen LogP contribution in [0.1, 0.15) is 24.0 Å². The zero-order valence-corrected chi connectivity index (χ0v) is 22.9. The number of nitrogens with zero attached hydrogens (tertiary/aromatic N) is 1. The Morgan fingerprint density at radius 1 is 1.03 bits per heavy atom. The van der Waals surface area contributed by atoms with Crippen molar-refractivity contribution in [3.05, 3.63) is 65.7 Å². The summed E-state index contributed by atoms with van der Waals surface area (Å²) in [7, 11) is -6.34. The second-order valence-corrected chi connectivity index (χ2v) is 12.8. The molecule has 0 aliphatic carbocycles. The number of carbonyl (C=O) groups is 1. The normalized spacial score (nSPS) is 15.4. The molecule has 9 nitrogen and oxygen atoms in total. The fourth-order valence-electron chi connectivity index (χ4n) is 4.06. The Morgan fingerprint density at radius 3 is 2.33 bits per heavy atom. The quantitative estimate of drug-likeness (QED) is 0.367. The number of sulfonamides is 1. The van der Waals surface area contributed by atoms with Crippen LogP contribution in [0, 0.1) is 0 Å². The molecule has 3 rings (SSSR count). The minimum absolute atomic E-state index is 0.0225. The van der Waals surface area contributed by atoms with E-state index in [0.717, 1.165) is 50.2 Å². The molecule has 0 unspecified atom stereocenters. The lowest BCUT2D eigenvalue weighted by atomic mass is 10.1. The van der Waals surface area contributed by atoms with Crippen LogP contribution in [0.25, 0.3) is 6.08 Å². The Bertz CT molecular complexity index is 1380. The van der Waals surface area contributed by atoms with Crippen molar-refractivity contribution in [3.8, 4) is 0 Å². The van der Waals surface area contributed by atoms with Gasteiger partial charge in [0.15, 0.2) is 0 Å². The Morgan fingerprint density at radius 2 is 1.69 bits per heavy atom. The van der Waals surface area contributed by atoms with Gasteiger partial charge in [0.1, 0.15) is 0 Å². The van der Waals surface area contributed by atoms with Crippen molar-refractivity contribution < 1.29 is 34.8 Å². The Hall–Kier alpha value is -2.94. The van der Waals surface area contributed by atoms with Crippen LogP contribution in [0.15, 0.2) is 64.4 Å². The zero-order chi connectivity index (χ0) is 28.7. The number of nitrogens with one attached hydrogen (secondary N) is 3. The molecule has 0 atom stereocenters. The van der Waals surface area contributed by atoms with Crippen LogP contribution in [-0.2, 0) is 26.0 Å². The van der Waals surface area contributed by atoms with Crippen molar-refractivity contribution >= 4 is 32.0 Å². The molecular formula is C25H31F3N4O5S2. The number of alkyl halides is 3. The van der Waals surface area contributed by atoms with Crippen LogP contribution in [-0.4, -0.2) is 72.8 Å². The zero-order valence-electron chi connectivity index (χ0n) is 21.2. The number of carbonyl (C=O) groups excluding carboxylic acids is 1. The Labute approximate surface area is 226 Å². The van der Waals surface area contributed by atoms with Gasteiger partial charge in [-0.2, -0.15) is 13.2 Å². The summed E-state index contributed by atoms with van der Waals surface area (Å²) in [5.41, 5.74) is -1.58. The van der Waals surface area contributed by atoms with E-state index in [1.807, 2.05) is 0 Å². The van der Waals surface area contributed by atoms with Crippen LogP contribution in [0.2, 0.25) is 0 Å². The molecule has 0 radical (unpaired) electrons. The van der Waals surface area contributed by atoms with Crippen molar-refractivity contribution in [3.63, 3.8) is 0 Å². The first-order valence-electron chi connectivity index (χ1n) is 12.2. The van der Waals surface area contributed by atoms with Crippen LogP contribution in [0.5, 0.6) is 0 Å². The summed E-state index contributed by atoms with van der Waals surface area (Å²) in [4.78, 5) is 13.4. The molecule has 0 bridgehead atoms. The third-order valence-corrected chi connectivity index (χ3v) is 9.25. The summed E-state index contributed by atoms with van der Waals surface area (Å²) in [5, 5.41) is 5.84. The van der Waals surface area contributed by atoms with E-state index in [2.05, 4.69) is 15.4 Å². The van der Waals surface area contributed by atoms with Crippen LogP contribution in [0.3, 0.4) is 0 Å². The van der Waals surface area contributed by atoms with Gasteiger partial charge in [-0.25, -0.2) is 26.4 Å². The summed E-state index contributed by atoms with van der Waals surface area (Å²) in [6, 6.07) is 9.42. The lowest BCUT2D eigenvalue weighted by Gasteiger charge is -2.31. The number of benzene rings is 2. The first kappa shape index (κ1) is 30.6. The van der Waals surface area contributed by atoms with E-state index in [9.17, 15) is 34.8 Å². The molecule has 1 aliphatic rings. The highest BCUT2D eigenvalue weighted by atomic mass is 32.2. The van der Waals surface area contributed by atoms with Gasteiger partial charge in [0.25, 0.3) is 0 Å². The van der Waals surface area contributed by atoms with Crippen molar-refractivity contribution in [2.24, 2.45) is 0 Å². The molecule has 2 aromatic carbocycles. The molecule has 2 amide bonds. The molecule has 1 saturated heterocycles. The molecule has 0 spiro atoms. The van der Waals surface area contributed by atoms with Gasteiger partial charge < -0.3 is 15.5 Å². The summed E-state index contributed by atoms with van der Waals surface area (Å²) in [6.45, 7) is 1.54. The van der Waals surface area contributed by atoms with Gasteiger partial charge in [-0.15, -0.1) is 0 Å². The molecule has 0 aromatic heterocycles. The highest BCUT2D eigenvalue weighted by Gasteiger charge is 2.33. The molecule has 214 valence electrons. The van der Waals surface area contributed by atoms with Gasteiger partial charge in [-0.05, 0) is 61.8 Å². The highest BCUT2D eigenvalue weighted by molar-refractivity contribution is 7.91. The second kappa shape index (κ2) is 12.9. The first-order valence-corrected chi connectivity index (χ1v) is 15.3. The molecule has 1 fully saturated rings. The summed E-state index contributed by atoms with van der Waals surface area (Å²) in [6.07, 6.45) is -1.21. The van der Waals surface area contributed by atoms with E-state index in [1.165, 1.54) is 24.3 Å². The van der Waals surface area contributed by atoms with Crippen LogP contribution in [0.4, 0.5) is 18.0 Å². The number of hydrogen-bond donors (Lipinski definition) is 3. The Balaban J connectivity index is 1.63. The van der Waals surface area contributed by atoms with Gasteiger partial charge in [-0.3, -0.25) is 0 Å². The molecule has 3 N–H and O–H groups in total. The fourth-order valence-corrected chi connectivity index (χ4v) is 6.26. The molecule has 2 aromatic rings. The van der Waals surface area contributed by atoms with E-state index < -0.39 is 42.9 Å². The van der Waals surface area contributed by atoms with Crippen molar-refractivity contribution in [1.29, 1.82) is 0 Å². The van der Waals surface area contributed by atoms with Crippen molar-refractivity contribution in [2.75, 3.05) is 39.0 Å². The Kier molecular flexibility index (Phi) is 10.2. The molecule has 1 aliphatic heterocycles. The SMILES string of the molecule is CN(C(=O)NCCNS(=O)(=O)CC=Cc1cc(S(=O)(=O)c2ccccc2)ccc1C(F)(F)F)C1CCNCC1. The number of hydrogen-bond acceptors (Lipinski definition) is 6. The van der Waals surface area contributed by atoms with Gasteiger partial charge >= 0.3 is 12.2 Å².